The van der Waals surface area contributed by atoms with Gasteiger partial charge in [-0.1, -0.05) is 6.07 Å². The van der Waals surface area contributed by atoms with E-state index in [0.29, 0.717) is 0 Å². The highest BCUT2D eigenvalue weighted by Crippen LogP contribution is 2.36. The molecule has 2 N–H and O–H groups in total. The predicted molar refractivity (Wildman–Crippen MR) is 63.4 cm³/mol. The summed E-state index contributed by atoms with van der Waals surface area (Å²) in [6.07, 6.45) is 0. The molecule has 0 spiro atoms. The van der Waals surface area contributed by atoms with Gasteiger partial charge in [0.1, 0.15) is 6.61 Å². The lowest BCUT2D eigenvalue weighted by Gasteiger charge is -2.19. The summed E-state index contributed by atoms with van der Waals surface area (Å²) in [5, 5.41) is 10.9. The van der Waals surface area contributed by atoms with Crippen LogP contribution in [0.4, 0.5) is 5.69 Å². The van der Waals surface area contributed by atoms with Crippen molar-refractivity contribution in [3.8, 4) is 11.5 Å². The minimum Gasteiger partial charge on any atom is -0.490 e. The Morgan fingerprint density at radius 1 is 1.41 bits per heavy atom. The summed E-state index contributed by atoms with van der Waals surface area (Å²) in [5.41, 5.74) is 5.01. The SMILES string of the molecule is COc1cccc(OCC(C)(C)N)c1[N+](=O)[O-]. The van der Waals surface area contributed by atoms with Crippen LogP contribution in [0.2, 0.25) is 0 Å². The van der Waals surface area contributed by atoms with E-state index in [1.54, 1.807) is 19.9 Å². The fraction of sp³-hybridized carbons (Fsp3) is 0.455. The van der Waals surface area contributed by atoms with Crippen LogP contribution >= 0.6 is 0 Å². The average molecular weight is 240 g/mol. The van der Waals surface area contributed by atoms with Gasteiger partial charge in [-0.3, -0.25) is 10.1 Å². The van der Waals surface area contributed by atoms with Gasteiger partial charge in [0, 0.05) is 5.54 Å². The summed E-state index contributed by atoms with van der Waals surface area (Å²) in [6.45, 7) is 3.74. The highest BCUT2D eigenvalue weighted by molar-refractivity contribution is 5.57. The average Bonchev–Trinajstić information content (AvgIpc) is 2.24. The van der Waals surface area contributed by atoms with Crippen LogP contribution in [0.15, 0.2) is 18.2 Å². The van der Waals surface area contributed by atoms with Gasteiger partial charge in [0.05, 0.1) is 12.0 Å². The van der Waals surface area contributed by atoms with E-state index in [1.807, 2.05) is 0 Å². The molecule has 0 aliphatic carbocycles. The van der Waals surface area contributed by atoms with Gasteiger partial charge in [-0.25, -0.2) is 0 Å². The molecule has 6 heteroatoms. The Labute approximate surface area is 99.5 Å². The van der Waals surface area contributed by atoms with Crippen LogP contribution in [-0.4, -0.2) is 24.2 Å². The highest BCUT2D eigenvalue weighted by atomic mass is 16.6. The Bertz CT molecular complexity index is 412. The molecule has 1 aromatic carbocycles. The van der Waals surface area contributed by atoms with E-state index in [-0.39, 0.29) is 23.8 Å². The van der Waals surface area contributed by atoms with Gasteiger partial charge in [0.25, 0.3) is 0 Å². The molecule has 0 amide bonds. The molecule has 0 heterocycles. The quantitative estimate of drug-likeness (QED) is 0.625. The van der Waals surface area contributed by atoms with E-state index in [0.717, 1.165) is 0 Å². The topological polar surface area (TPSA) is 87.6 Å². The fourth-order valence-electron chi connectivity index (χ4n) is 1.23. The number of rotatable bonds is 5. The van der Waals surface area contributed by atoms with Crippen molar-refractivity contribution in [2.45, 2.75) is 19.4 Å². The zero-order chi connectivity index (χ0) is 13.1. The molecule has 0 saturated heterocycles. The molecule has 0 bridgehead atoms. The maximum atomic E-state index is 10.9. The maximum absolute atomic E-state index is 10.9. The lowest BCUT2D eigenvalue weighted by molar-refractivity contribution is -0.386. The molecule has 0 aliphatic rings. The smallest absolute Gasteiger partial charge is 0.352 e. The highest BCUT2D eigenvalue weighted by Gasteiger charge is 2.23. The summed E-state index contributed by atoms with van der Waals surface area (Å²) < 4.78 is 10.3. The van der Waals surface area contributed by atoms with Crippen LogP contribution in [0.1, 0.15) is 13.8 Å². The number of nitrogens with two attached hydrogens (primary N) is 1. The summed E-state index contributed by atoms with van der Waals surface area (Å²) in [5.74, 6) is 0.329. The third kappa shape index (κ3) is 3.60. The first-order valence-electron chi connectivity index (χ1n) is 5.08. The molecule has 0 atom stereocenters. The van der Waals surface area contributed by atoms with Crippen LogP contribution in [0.3, 0.4) is 0 Å². The summed E-state index contributed by atoms with van der Waals surface area (Å²) >= 11 is 0. The van der Waals surface area contributed by atoms with Crippen molar-refractivity contribution in [3.63, 3.8) is 0 Å². The Morgan fingerprint density at radius 3 is 2.47 bits per heavy atom. The third-order valence-electron chi connectivity index (χ3n) is 1.96. The molecule has 94 valence electrons. The van der Waals surface area contributed by atoms with Crippen molar-refractivity contribution in [2.75, 3.05) is 13.7 Å². The molecule has 0 radical (unpaired) electrons. The number of nitro groups is 1. The predicted octanol–water partition coefficient (Wildman–Crippen LogP) is 1.72. The number of methoxy groups -OCH3 is 1. The van der Waals surface area contributed by atoms with Crippen LogP contribution < -0.4 is 15.2 Å². The molecule has 17 heavy (non-hydrogen) atoms. The van der Waals surface area contributed by atoms with Crippen molar-refractivity contribution < 1.29 is 14.4 Å². The lowest BCUT2D eigenvalue weighted by Crippen LogP contribution is -2.38. The molecule has 1 aromatic rings. The van der Waals surface area contributed by atoms with Crippen LogP contribution in [0.25, 0.3) is 0 Å². The first kappa shape index (κ1) is 13.2. The number of nitrogens with zero attached hydrogens (tertiary/aromatic N) is 1. The molecule has 1 rings (SSSR count). The maximum Gasteiger partial charge on any atom is 0.352 e. The Morgan fingerprint density at radius 2 is 2.00 bits per heavy atom. The molecular weight excluding hydrogens is 224 g/mol. The monoisotopic (exact) mass is 240 g/mol. The second kappa shape index (κ2) is 5.01. The summed E-state index contributed by atoms with van der Waals surface area (Å²) in [7, 11) is 1.37. The fourth-order valence-corrected chi connectivity index (χ4v) is 1.23. The van der Waals surface area contributed by atoms with Crippen molar-refractivity contribution >= 4 is 5.69 Å². The van der Waals surface area contributed by atoms with Crippen molar-refractivity contribution in [1.82, 2.24) is 0 Å². The van der Waals surface area contributed by atoms with Gasteiger partial charge in [-0.05, 0) is 26.0 Å². The van der Waals surface area contributed by atoms with Gasteiger partial charge in [0.15, 0.2) is 0 Å². The van der Waals surface area contributed by atoms with E-state index in [4.69, 9.17) is 15.2 Å². The number of para-hydroxylation sites is 1. The second-order valence-corrected chi connectivity index (χ2v) is 4.34. The van der Waals surface area contributed by atoms with Gasteiger partial charge < -0.3 is 15.2 Å². The van der Waals surface area contributed by atoms with E-state index >= 15 is 0 Å². The van der Waals surface area contributed by atoms with Crippen LogP contribution in [0, 0.1) is 10.1 Å². The second-order valence-electron chi connectivity index (χ2n) is 4.34. The molecule has 6 nitrogen and oxygen atoms in total. The van der Waals surface area contributed by atoms with E-state index in [9.17, 15) is 10.1 Å². The van der Waals surface area contributed by atoms with Crippen LogP contribution in [-0.2, 0) is 0 Å². The number of benzene rings is 1. The Kier molecular flexibility index (Phi) is 3.90. The Hall–Kier alpha value is -1.82. The molecule has 0 saturated carbocycles. The summed E-state index contributed by atoms with van der Waals surface area (Å²) in [6, 6.07) is 4.66. The molecule has 0 fully saturated rings. The number of hydrogen-bond donors (Lipinski definition) is 1. The largest absolute Gasteiger partial charge is 0.490 e. The number of nitro benzene ring substituents is 1. The van der Waals surface area contributed by atoms with E-state index in [1.165, 1.54) is 19.2 Å². The standard InChI is InChI=1S/C11H16N2O4/c1-11(2,12)7-17-9-6-4-5-8(16-3)10(9)13(14)15/h4-6H,7,12H2,1-3H3. The van der Waals surface area contributed by atoms with E-state index in [2.05, 4.69) is 0 Å². The first-order chi connectivity index (χ1) is 7.85. The number of hydrogen-bond acceptors (Lipinski definition) is 5. The zero-order valence-corrected chi connectivity index (χ0v) is 10.1. The molecule has 0 unspecified atom stereocenters. The summed E-state index contributed by atoms with van der Waals surface area (Å²) in [4.78, 5) is 10.4. The normalized spacial score (nSPS) is 11.1. The zero-order valence-electron chi connectivity index (χ0n) is 10.1. The van der Waals surface area contributed by atoms with Gasteiger partial charge >= 0.3 is 5.69 Å². The van der Waals surface area contributed by atoms with Gasteiger partial charge in [0.2, 0.25) is 11.5 Å². The van der Waals surface area contributed by atoms with E-state index < -0.39 is 10.5 Å². The lowest BCUT2D eigenvalue weighted by atomic mass is 10.1. The van der Waals surface area contributed by atoms with Crippen molar-refractivity contribution in [1.29, 1.82) is 0 Å². The minimum absolute atomic E-state index is 0.160. The Balaban J connectivity index is 3.02. The minimum atomic E-state index is -0.559. The third-order valence-corrected chi connectivity index (χ3v) is 1.96. The molecule has 0 aliphatic heterocycles. The van der Waals surface area contributed by atoms with Gasteiger partial charge in [-0.15, -0.1) is 0 Å². The molecule has 0 aromatic heterocycles. The number of ether oxygens (including phenoxy) is 2. The first-order valence-corrected chi connectivity index (χ1v) is 5.08. The molecular formula is C11H16N2O4. The van der Waals surface area contributed by atoms with Crippen molar-refractivity contribution in [3.05, 3.63) is 28.3 Å². The van der Waals surface area contributed by atoms with Gasteiger partial charge in [-0.2, -0.15) is 0 Å². The van der Waals surface area contributed by atoms with Crippen molar-refractivity contribution in [2.24, 2.45) is 5.73 Å². The van der Waals surface area contributed by atoms with Crippen LogP contribution in [0.5, 0.6) is 11.5 Å².